The lowest BCUT2D eigenvalue weighted by Gasteiger charge is -2.40. The van der Waals surface area contributed by atoms with Gasteiger partial charge in [-0.15, -0.1) is 0 Å². The molecule has 7 heteroatoms. The quantitative estimate of drug-likeness (QED) is 0.265. The van der Waals surface area contributed by atoms with E-state index in [1.54, 1.807) is 14.2 Å². The molecular formula is C20H40N2O3P2. The number of hydrogen-bond donors (Lipinski definition) is 0. The predicted octanol–water partition coefficient (Wildman–Crippen LogP) is 6.15. The first-order chi connectivity index (χ1) is 12.9. The summed E-state index contributed by atoms with van der Waals surface area (Å²) in [4.78, 5) is 0. The monoisotopic (exact) mass is 418 g/mol. The minimum absolute atomic E-state index is 0.469. The van der Waals surface area contributed by atoms with Crippen molar-refractivity contribution in [3.05, 3.63) is 0 Å². The van der Waals surface area contributed by atoms with E-state index < -0.39 is 16.7 Å². The zero-order valence-corrected chi connectivity index (χ0v) is 20.0. The van der Waals surface area contributed by atoms with Crippen molar-refractivity contribution in [1.82, 2.24) is 4.67 Å². The van der Waals surface area contributed by atoms with Gasteiger partial charge in [0, 0.05) is 38.6 Å². The molecule has 0 aromatic rings. The molecule has 27 heavy (non-hydrogen) atoms. The van der Waals surface area contributed by atoms with Crippen LogP contribution in [0.1, 0.15) is 66.2 Å². The van der Waals surface area contributed by atoms with Gasteiger partial charge in [0.2, 0.25) is 0 Å². The summed E-state index contributed by atoms with van der Waals surface area (Å²) in [6.45, 7) is 9.58. The highest BCUT2D eigenvalue weighted by Gasteiger charge is 2.30. The number of nitriles is 1. The second-order valence-corrected chi connectivity index (χ2v) is 11.6. The molecule has 1 aliphatic carbocycles. The van der Waals surface area contributed by atoms with Gasteiger partial charge in [-0.05, 0) is 58.8 Å². The van der Waals surface area contributed by atoms with E-state index in [0.717, 1.165) is 24.2 Å². The van der Waals surface area contributed by atoms with Crippen LogP contribution >= 0.6 is 16.7 Å². The largest absolute Gasteiger partial charge is 0.342 e. The van der Waals surface area contributed by atoms with Crippen LogP contribution in [0.3, 0.4) is 0 Å². The Morgan fingerprint density at radius 2 is 1.56 bits per heavy atom. The fraction of sp³-hybridized carbons (Fsp3) is 0.950. The molecule has 0 spiro atoms. The molecule has 0 aromatic carbocycles. The highest BCUT2D eigenvalue weighted by molar-refractivity contribution is 7.50. The summed E-state index contributed by atoms with van der Waals surface area (Å²) in [6.07, 6.45) is 9.12. The van der Waals surface area contributed by atoms with Crippen LogP contribution in [0.15, 0.2) is 0 Å². The Morgan fingerprint density at radius 1 is 1.00 bits per heavy atom. The molecule has 1 saturated carbocycles. The van der Waals surface area contributed by atoms with E-state index in [1.807, 2.05) is 0 Å². The highest BCUT2D eigenvalue weighted by atomic mass is 31.2. The zero-order valence-electron chi connectivity index (χ0n) is 18.2. The fourth-order valence-corrected chi connectivity index (χ4v) is 7.65. The molecule has 0 saturated heterocycles. The summed E-state index contributed by atoms with van der Waals surface area (Å²) in [5, 5.41) is 8.86. The molecule has 0 amide bonds. The van der Waals surface area contributed by atoms with Crippen LogP contribution in [0.25, 0.3) is 0 Å². The van der Waals surface area contributed by atoms with Gasteiger partial charge in [0.15, 0.2) is 8.38 Å². The van der Waals surface area contributed by atoms with Crippen molar-refractivity contribution in [1.29, 1.82) is 5.26 Å². The van der Waals surface area contributed by atoms with E-state index in [0.29, 0.717) is 25.1 Å². The molecule has 0 heterocycles. The number of rotatable bonds is 13. The first kappa shape index (κ1) is 25.2. The Balaban J connectivity index is 2.53. The lowest BCUT2D eigenvalue weighted by Crippen LogP contribution is -2.35. The molecule has 0 aromatic heterocycles. The molecule has 1 fully saturated rings. The topological polar surface area (TPSA) is 54.7 Å². The fourth-order valence-electron chi connectivity index (χ4n) is 3.99. The van der Waals surface area contributed by atoms with Crippen molar-refractivity contribution in [2.75, 3.05) is 33.2 Å². The summed E-state index contributed by atoms with van der Waals surface area (Å²) in [5.41, 5.74) is 0. The second kappa shape index (κ2) is 14.2. The number of nitrogens with zero attached hydrogens (tertiary/aromatic N) is 2. The van der Waals surface area contributed by atoms with Crippen LogP contribution in [-0.2, 0) is 13.6 Å². The first-order valence-electron chi connectivity index (χ1n) is 10.3. The van der Waals surface area contributed by atoms with Crippen LogP contribution in [-0.4, -0.2) is 49.9 Å². The van der Waals surface area contributed by atoms with E-state index in [1.165, 1.54) is 32.1 Å². The molecule has 0 bridgehead atoms. The average Bonchev–Trinajstić information content (AvgIpc) is 2.63. The third-order valence-electron chi connectivity index (χ3n) is 5.28. The molecule has 1 atom stereocenters. The van der Waals surface area contributed by atoms with Gasteiger partial charge in [0.05, 0.1) is 19.1 Å². The van der Waals surface area contributed by atoms with Crippen LogP contribution in [0.4, 0.5) is 0 Å². The molecule has 1 rings (SSSR count). The first-order valence-corrected chi connectivity index (χ1v) is 13.1. The van der Waals surface area contributed by atoms with Gasteiger partial charge in [-0.25, -0.2) is 0 Å². The van der Waals surface area contributed by atoms with E-state index >= 15 is 0 Å². The summed E-state index contributed by atoms with van der Waals surface area (Å²) in [7, 11) is 2.17. The maximum atomic E-state index is 8.86. The van der Waals surface area contributed by atoms with Gasteiger partial charge in [-0.2, -0.15) is 5.26 Å². The summed E-state index contributed by atoms with van der Waals surface area (Å²) >= 11 is 0. The van der Waals surface area contributed by atoms with E-state index in [4.69, 9.17) is 18.8 Å². The molecule has 0 N–H and O–H groups in total. The smallest absolute Gasteiger partial charge is 0.169 e. The predicted molar refractivity (Wildman–Crippen MR) is 116 cm³/mol. The summed E-state index contributed by atoms with van der Waals surface area (Å²) in [5.74, 6) is 1.56. The molecular weight excluding hydrogens is 378 g/mol. The van der Waals surface area contributed by atoms with Gasteiger partial charge >= 0.3 is 0 Å². The van der Waals surface area contributed by atoms with Crippen molar-refractivity contribution in [2.45, 2.75) is 78.3 Å². The van der Waals surface area contributed by atoms with Gasteiger partial charge in [-0.3, -0.25) is 4.67 Å². The average molecular weight is 418 g/mol. The van der Waals surface area contributed by atoms with E-state index in [9.17, 15) is 0 Å². The standard InChI is InChI=1S/C20H40N2O3P2/c1-17(2)22(18(3)4)26(25-14-7-13-21)16-20-10-8-19(9-11-20)12-15-27(23-5)24-6/h17-20H,7-12,14-16H2,1-6H3. The molecule has 0 aliphatic heterocycles. The lowest BCUT2D eigenvalue weighted by molar-refractivity contribution is 0.240. The Morgan fingerprint density at radius 3 is 2.04 bits per heavy atom. The molecule has 5 nitrogen and oxygen atoms in total. The number of hydrogen-bond acceptors (Lipinski definition) is 5. The third kappa shape index (κ3) is 9.49. The maximum Gasteiger partial charge on any atom is 0.169 e. The second-order valence-electron chi connectivity index (χ2n) is 7.94. The van der Waals surface area contributed by atoms with Crippen LogP contribution in [0.2, 0.25) is 0 Å². The van der Waals surface area contributed by atoms with Gasteiger partial charge in [0.25, 0.3) is 0 Å². The molecule has 158 valence electrons. The van der Waals surface area contributed by atoms with Crippen molar-refractivity contribution in [2.24, 2.45) is 11.8 Å². The Kier molecular flexibility index (Phi) is 13.3. The van der Waals surface area contributed by atoms with Crippen LogP contribution in [0, 0.1) is 23.2 Å². The summed E-state index contributed by atoms with van der Waals surface area (Å²) < 4.78 is 19.5. The SMILES string of the molecule is COP(CCC1CCC(CP(OCCC#N)N(C(C)C)C(C)C)CC1)OC. The van der Waals surface area contributed by atoms with Crippen molar-refractivity contribution in [3.8, 4) is 6.07 Å². The molecule has 1 aliphatic rings. The van der Waals surface area contributed by atoms with Crippen LogP contribution < -0.4 is 0 Å². The Hall–Kier alpha value is 0.190. The van der Waals surface area contributed by atoms with Crippen molar-refractivity contribution < 1.29 is 13.6 Å². The Labute approximate surface area is 169 Å². The van der Waals surface area contributed by atoms with Crippen molar-refractivity contribution >= 4 is 16.7 Å². The van der Waals surface area contributed by atoms with E-state index in [2.05, 4.69) is 38.4 Å². The lowest BCUT2D eigenvalue weighted by atomic mass is 9.82. The third-order valence-corrected chi connectivity index (χ3v) is 9.46. The maximum absolute atomic E-state index is 8.86. The highest BCUT2D eigenvalue weighted by Crippen LogP contribution is 2.49. The minimum Gasteiger partial charge on any atom is -0.342 e. The van der Waals surface area contributed by atoms with Gasteiger partial charge in [0.1, 0.15) is 8.30 Å². The van der Waals surface area contributed by atoms with Crippen molar-refractivity contribution in [3.63, 3.8) is 0 Å². The normalized spacial score (nSPS) is 22.0. The molecule has 0 radical (unpaired) electrons. The Bertz CT molecular complexity index is 412. The minimum atomic E-state index is -0.688. The van der Waals surface area contributed by atoms with Gasteiger partial charge < -0.3 is 13.6 Å². The van der Waals surface area contributed by atoms with E-state index in [-0.39, 0.29) is 0 Å². The zero-order chi connectivity index (χ0) is 20.2. The summed E-state index contributed by atoms with van der Waals surface area (Å²) in [6, 6.07) is 3.15. The van der Waals surface area contributed by atoms with Gasteiger partial charge in [-0.1, -0.05) is 12.8 Å². The molecule has 1 unspecified atom stereocenters. The van der Waals surface area contributed by atoms with Crippen LogP contribution in [0.5, 0.6) is 0 Å².